The van der Waals surface area contributed by atoms with E-state index in [1.807, 2.05) is 55.5 Å². The van der Waals surface area contributed by atoms with Crippen molar-refractivity contribution in [2.75, 3.05) is 19.8 Å². The molecule has 7 rings (SSSR count). The van der Waals surface area contributed by atoms with Gasteiger partial charge in [-0.25, -0.2) is 14.7 Å². The van der Waals surface area contributed by atoms with Gasteiger partial charge in [0.25, 0.3) is 11.1 Å². The molecule has 5 aromatic rings. The predicted octanol–water partition coefficient (Wildman–Crippen LogP) is 3.73. The molecule has 0 bridgehead atoms. The highest BCUT2D eigenvalue weighted by Gasteiger charge is 2.51. The normalized spacial score (nSPS) is 20.0. The number of rotatable bonds is 12. The van der Waals surface area contributed by atoms with Gasteiger partial charge in [-0.05, 0) is 46.2 Å². The first-order valence-corrected chi connectivity index (χ1v) is 16.0. The molecule has 2 fully saturated rings. The second kappa shape index (κ2) is 14.4. The topological polar surface area (TPSA) is 214 Å². The van der Waals surface area contributed by atoms with Crippen LogP contribution in [0.5, 0.6) is 6.01 Å². The quantitative estimate of drug-likeness (QED) is 0.0849. The van der Waals surface area contributed by atoms with E-state index in [0.717, 1.165) is 22.3 Å². The number of aromatic nitrogens is 6. The largest absolute Gasteiger partial charge is 0.511 e. The van der Waals surface area contributed by atoms with Gasteiger partial charge in [0.1, 0.15) is 12.2 Å². The van der Waals surface area contributed by atoms with Crippen molar-refractivity contribution < 1.29 is 47.9 Å². The van der Waals surface area contributed by atoms with E-state index in [1.54, 1.807) is 22.8 Å². The van der Waals surface area contributed by atoms with Crippen molar-refractivity contribution in [1.29, 1.82) is 0 Å². The second-order valence-corrected chi connectivity index (χ2v) is 11.5. The molecule has 1 N–H and O–H groups in total. The van der Waals surface area contributed by atoms with Crippen LogP contribution in [0.2, 0.25) is 0 Å². The highest BCUT2D eigenvalue weighted by Crippen LogP contribution is 2.33. The highest BCUT2D eigenvalue weighted by atomic mass is 17.0. The Bertz CT molecular complexity index is 2040. The molecule has 0 spiro atoms. The number of imidazole rings is 1. The van der Waals surface area contributed by atoms with Crippen LogP contribution in [-0.2, 0) is 35.1 Å². The minimum absolute atomic E-state index is 0.0826. The summed E-state index contributed by atoms with van der Waals surface area (Å²) in [5.41, 5.74) is 4.79. The summed E-state index contributed by atoms with van der Waals surface area (Å²) in [6, 6.07) is 21.0. The van der Waals surface area contributed by atoms with Gasteiger partial charge in [0.15, 0.2) is 18.0 Å². The lowest BCUT2D eigenvalue weighted by molar-refractivity contribution is -0.769. The molecule has 2 aromatic heterocycles. The molecule has 4 heterocycles. The molecule has 1 unspecified atom stereocenters. The van der Waals surface area contributed by atoms with Gasteiger partial charge in [-0.2, -0.15) is 4.98 Å². The van der Waals surface area contributed by atoms with E-state index in [-0.39, 0.29) is 18.8 Å². The number of nitrogens with zero attached hydrogens (tertiary/aromatic N) is 6. The molecule has 51 heavy (non-hydrogen) atoms. The Balaban J connectivity index is 1.05. The summed E-state index contributed by atoms with van der Waals surface area (Å²) in [5, 5.41) is 24.0. The molecule has 2 saturated heterocycles. The van der Waals surface area contributed by atoms with E-state index in [9.17, 15) is 19.7 Å². The standard InChI is InChI=1S/C33H31N7O11/c1-3-45-32-34-24-10-6-9-23(31(41)48-18(2)49-33(42)50-25-16-46-29-26(51-40(43)44)17-47-28(25)29)27(24)39(32)15-19-11-13-20(14-12-19)21-7-4-5-8-22(21)30-35-37-38-36-30/h4-14,18,25-26,28-29H,3,15-17H2,1-2H3,(H,35,36,37,38)/t18-,25?,26-,28-,29-/m1/s1. The third-order valence-corrected chi connectivity index (χ3v) is 8.32. The number of tetrazole rings is 1. The van der Waals surface area contributed by atoms with E-state index < -0.39 is 47.9 Å². The fraction of sp³-hybridized carbons (Fsp3) is 0.333. The van der Waals surface area contributed by atoms with Gasteiger partial charge >= 0.3 is 12.1 Å². The number of hydrogen-bond acceptors (Lipinski definition) is 15. The lowest BCUT2D eigenvalue weighted by atomic mass is 9.98. The summed E-state index contributed by atoms with van der Waals surface area (Å²) in [6.45, 7) is 3.66. The van der Waals surface area contributed by atoms with E-state index in [1.165, 1.54) is 6.92 Å². The van der Waals surface area contributed by atoms with Crippen LogP contribution < -0.4 is 4.74 Å². The molecule has 5 atom stereocenters. The zero-order valence-corrected chi connectivity index (χ0v) is 27.2. The van der Waals surface area contributed by atoms with Crippen molar-refractivity contribution in [3.05, 3.63) is 88.0 Å². The Morgan fingerprint density at radius 3 is 2.47 bits per heavy atom. The molecule has 2 aliphatic heterocycles. The number of fused-ring (bicyclic) bond motifs is 2. The Labute approximate surface area is 288 Å². The van der Waals surface area contributed by atoms with Crippen LogP contribution in [0.4, 0.5) is 4.79 Å². The number of aromatic amines is 1. The fourth-order valence-corrected chi connectivity index (χ4v) is 6.16. The lowest BCUT2D eigenvalue weighted by Gasteiger charge is -2.19. The Hall–Kier alpha value is -6.14. The van der Waals surface area contributed by atoms with E-state index >= 15 is 0 Å². The van der Waals surface area contributed by atoms with Crippen LogP contribution >= 0.6 is 0 Å². The van der Waals surface area contributed by atoms with Gasteiger partial charge in [0.05, 0.1) is 43.0 Å². The molecular formula is C33H31N7O11. The first-order chi connectivity index (χ1) is 24.8. The average molecular weight is 702 g/mol. The molecule has 18 nitrogen and oxygen atoms in total. The molecule has 264 valence electrons. The molecular weight excluding hydrogens is 670 g/mol. The molecule has 0 saturated carbocycles. The lowest BCUT2D eigenvalue weighted by Crippen LogP contribution is -2.36. The van der Waals surface area contributed by atoms with E-state index in [2.05, 4.69) is 30.4 Å². The summed E-state index contributed by atoms with van der Waals surface area (Å²) < 4.78 is 34.6. The molecule has 0 aliphatic carbocycles. The summed E-state index contributed by atoms with van der Waals surface area (Å²) in [5.74, 6) is -0.222. The minimum atomic E-state index is -1.35. The number of ether oxygens (including phenoxy) is 6. The van der Waals surface area contributed by atoms with Crippen molar-refractivity contribution >= 4 is 23.2 Å². The molecule has 18 heteroatoms. The number of hydrogen-bond donors (Lipinski definition) is 1. The van der Waals surface area contributed by atoms with Crippen molar-refractivity contribution in [3.8, 4) is 28.5 Å². The summed E-state index contributed by atoms with van der Waals surface area (Å²) in [6.07, 6.45) is -5.90. The van der Waals surface area contributed by atoms with Crippen molar-refractivity contribution in [2.45, 2.75) is 51.1 Å². The molecule has 0 amide bonds. The van der Waals surface area contributed by atoms with Gasteiger partial charge < -0.3 is 33.3 Å². The van der Waals surface area contributed by atoms with Gasteiger partial charge in [-0.1, -0.05) is 54.6 Å². The maximum atomic E-state index is 13.5. The number of esters is 1. The number of H-pyrrole nitrogens is 1. The minimum Gasteiger partial charge on any atom is -0.465 e. The van der Waals surface area contributed by atoms with Crippen LogP contribution in [0.3, 0.4) is 0 Å². The first kappa shape index (κ1) is 33.4. The van der Waals surface area contributed by atoms with Crippen LogP contribution in [0.15, 0.2) is 66.7 Å². The van der Waals surface area contributed by atoms with Gasteiger partial charge in [0.2, 0.25) is 6.29 Å². The van der Waals surface area contributed by atoms with Crippen molar-refractivity contribution in [2.24, 2.45) is 0 Å². The average Bonchev–Trinajstić information content (AvgIpc) is 3.92. The predicted molar refractivity (Wildman–Crippen MR) is 173 cm³/mol. The maximum Gasteiger partial charge on any atom is 0.511 e. The first-order valence-electron chi connectivity index (χ1n) is 16.0. The summed E-state index contributed by atoms with van der Waals surface area (Å²) >= 11 is 0. The van der Waals surface area contributed by atoms with E-state index in [4.69, 9.17) is 28.4 Å². The number of benzene rings is 3. The van der Waals surface area contributed by atoms with Gasteiger partial charge in [-0.15, -0.1) is 15.2 Å². The third kappa shape index (κ3) is 6.99. The Morgan fingerprint density at radius 1 is 1.00 bits per heavy atom. The Morgan fingerprint density at radius 2 is 1.75 bits per heavy atom. The van der Waals surface area contributed by atoms with Crippen LogP contribution in [-0.4, -0.2) is 97.9 Å². The Kier molecular flexibility index (Phi) is 9.40. The summed E-state index contributed by atoms with van der Waals surface area (Å²) in [4.78, 5) is 46.0. The van der Waals surface area contributed by atoms with Gasteiger partial charge in [0, 0.05) is 12.5 Å². The maximum absolute atomic E-state index is 13.5. The molecule has 2 aliphatic rings. The fourth-order valence-electron chi connectivity index (χ4n) is 6.16. The zero-order chi connectivity index (χ0) is 35.5. The molecule has 0 radical (unpaired) electrons. The third-order valence-electron chi connectivity index (χ3n) is 8.32. The monoisotopic (exact) mass is 701 g/mol. The number of carbonyl (C=O) groups is 2. The second-order valence-electron chi connectivity index (χ2n) is 11.5. The smallest absolute Gasteiger partial charge is 0.465 e. The number of para-hydroxylation sites is 1. The zero-order valence-electron chi connectivity index (χ0n) is 27.2. The summed E-state index contributed by atoms with van der Waals surface area (Å²) in [7, 11) is 0. The number of nitrogens with one attached hydrogen (secondary N) is 1. The van der Waals surface area contributed by atoms with Crippen LogP contribution in [0.1, 0.15) is 29.8 Å². The molecule has 3 aromatic carbocycles. The van der Waals surface area contributed by atoms with Gasteiger partial charge in [-0.3, -0.25) is 4.57 Å². The van der Waals surface area contributed by atoms with E-state index in [0.29, 0.717) is 36.0 Å². The highest BCUT2D eigenvalue weighted by molar-refractivity contribution is 6.02. The van der Waals surface area contributed by atoms with Crippen LogP contribution in [0.25, 0.3) is 33.5 Å². The van der Waals surface area contributed by atoms with Crippen molar-refractivity contribution in [3.63, 3.8) is 0 Å². The van der Waals surface area contributed by atoms with Crippen molar-refractivity contribution in [1.82, 2.24) is 30.2 Å². The SMILES string of the molecule is CCOc1nc2cccc(C(=O)O[C@@H](C)OC(=O)OC3CO[C@H]4[C@@H]3OC[C@H]4O[N+](=O)[O-])c2n1Cc1ccc(-c2ccccc2-c2nnn[nH]2)cc1. The van der Waals surface area contributed by atoms with Crippen LogP contribution in [0, 0.1) is 10.1 Å². The number of carbonyl (C=O) groups excluding carboxylic acids is 2.